The second-order valence-electron chi connectivity index (χ2n) is 4.94. The molecule has 1 aromatic heterocycles. The van der Waals surface area contributed by atoms with Crippen molar-refractivity contribution >= 4 is 16.7 Å². The molecule has 2 aromatic carbocycles. The summed E-state index contributed by atoms with van der Waals surface area (Å²) in [6.07, 6.45) is 0. The number of aromatic nitrogens is 2. The molecule has 0 radical (unpaired) electrons. The van der Waals surface area contributed by atoms with Gasteiger partial charge in [0.1, 0.15) is 5.82 Å². The van der Waals surface area contributed by atoms with Crippen LogP contribution in [0.2, 0.25) is 0 Å². The average molecular weight is 266 g/mol. The van der Waals surface area contributed by atoms with Crippen LogP contribution < -0.4 is 11.1 Å². The highest BCUT2D eigenvalue weighted by molar-refractivity contribution is 5.74. The Labute approximate surface area is 118 Å². The maximum absolute atomic E-state index is 5.94. The molecular weight excluding hydrogens is 248 g/mol. The highest BCUT2D eigenvalue weighted by Crippen LogP contribution is 2.17. The molecule has 0 spiro atoms. The van der Waals surface area contributed by atoms with Gasteiger partial charge >= 0.3 is 0 Å². The molecule has 1 atom stereocenters. The number of H-pyrrole nitrogens is 1. The van der Waals surface area contributed by atoms with E-state index < -0.39 is 0 Å². The second-order valence-corrected chi connectivity index (χ2v) is 4.94. The van der Waals surface area contributed by atoms with E-state index in [0.29, 0.717) is 0 Å². The van der Waals surface area contributed by atoms with Gasteiger partial charge in [0.2, 0.25) is 0 Å². The minimum absolute atomic E-state index is 0.141. The van der Waals surface area contributed by atoms with Gasteiger partial charge in [0.05, 0.1) is 17.1 Å². The zero-order valence-electron chi connectivity index (χ0n) is 11.4. The first kappa shape index (κ1) is 12.7. The van der Waals surface area contributed by atoms with Gasteiger partial charge in [-0.1, -0.05) is 30.3 Å². The van der Waals surface area contributed by atoms with E-state index in [4.69, 9.17) is 5.73 Å². The van der Waals surface area contributed by atoms with Crippen molar-refractivity contribution in [2.24, 2.45) is 0 Å². The minimum atomic E-state index is 0.141. The van der Waals surface area contributed by atoms with E-state index >= 15 is 0 Å². The number of nitrogens with two attached hydrogens (primary N) is 1. The number of para-hydroxylation sites is 3. The van der Waals surface area contributed by atoms with Gasteiger partial charge in [-0.15, -0.1) is 0 Å². The van der Waals surface area contributed by atoms with E-state index in [1.807, 2.05) is 48.5 Å². The zero-order valence-corrected chi connectivity index (χ0v) is 11.4. The summed E-state index contributed by atoms with van der Waals surface area (Å²) in [7, 11) is 0. The second kappa shape index (κ2) is 5.35. The first-order valence-electron chi connectivity index (χ1n) is 6.75. The third-order valence-corrected chi connectivity index (χ3v) is 3.47. The van der Waals surface area contributed by atoms with Crippen LogP contribution in [0.4, 0.5) is 5.69 Å². The molecule has 0 aliphatic heterocycles. The molecule has 3 aromatic rings. The molecule has 3 rings (SSSR count). The number of hydrogen-bond donors (Lipinski definition) is 3. The van der Waals surface area contributed by atoms with Crippen LogP contribution in [0.3, 0.4) is 0 Å². The van der Waals surface area contributed by atoms with Crippen LogP contribution in [0.15, 0.2) is 48.5 Å². The van der Waals surface area contributed by atoms with Crippen LogP contribution in [0.1, 0.15) is 24.4 Å². The number of rotatable bonds is 4. The lowest BCUT2D eigenvalue weighted by Gasteiger charge is -2.12. The van der Waals surface area contributed by atoms with Crippen LogP contribution >= 0.6 is 0 Å². The minimum Gasteiger partial charge on any atom is -0.398 e. The van der Waals surface area contributed by atoms with E-state index in [9.17, 15) is 0 Å². The van der Waals surface area contributed by atoms with Gasteiger partial charge in [0, 0.05) is 12.2 Å². The Morgan fingerprint density at radius 1 is 1.15 bits per heavy atom. The summed E-state index contributed by atoms with van der Waals surface area (Å²) in [6.45, 7) is 2.82. The first-order chi connectivity index (χ1) is 9.74. The summed E-state index contributed by atoms with van der Waals surface area (Å²) in [5.74, 6) is 0.945. The van der Waals surface area contributed by atoms with Crippen molar-refractivity contribution in [3.63, 3.8) is 0 Å². The molecular formula is C16H18N4. The Bertz CT molecular complexity index is 684. The molecule has 0 bridgehead atoms. The van der Waals surface area contributed by atoms with Crippen LogP contribution in [0.25, 0.3) is 11.0 Å². The van der Waals surface area contributed by atoms with Crippen molar-refractivity contribution in [1.29, 1.82) is 0 Å². The van der Waals surface area contributed by atoms with E-state index in [1.54, 1.807) is 0 Å². The lowest BCUT2D eigenvalue weighted by atomic mass is 10.1. The van der Waals surface area contributed by atoms with Gasteiger partial charge in [0.25, 0.3) is 0 Å². The number of fused-ring (bicyclic) bond motifs is 1. The third kappa shape index (κ3) is 2.51. The molecule has 20 heavy (non-hydrogen) atoms. The third-order valence-electron chi connectivity index (χ3n) is 3.47. The molecule has 4 nitrogen and oxygen atoms in total. The molecule has 1 heterocycles. The van der Waals surface area contributed by atoms with E-state index in [-0.39, 0.29) is 6.04 Å². The molecule has 0 aliphatic carbocycles. The maximum atomic E-state index is 5.94. The molecule has 0 amide bonds. The van der Waals surface area contributed by atoms with Gasteiger partial charge in [-0.25, -0.2) is 4.98 Å². The Balaban J connectivity index is 1.73. The van der Waals surface area contributed by atoms with Crippen LogP contribution in [-0.2, 0) is 6.54 Å². The van der Waals surface area contributed by atoms with E-state index in [2.05, 4.69) is 22.2 Å². The topological polar surface area (TPSA) is 66.7 Å². The Hall–Kier alpha value is -2.33. The summed E-state index contributed by atoms with van der Waals surface area (Å²) >= 11 is 0. The lowest BCUT2D eigenvalue weighted by Crippen LogP contribution is -2.19. The first-order valence-corrected chi connectivity index (χ1v) is 6.75. The summed E-state index contributed by atoms with van der Waals surface area (Å²) in [5, 5.41) is 3.44. The molecule has 0 fully saturated rings. The Morgan fingerprint density at radius 3 is 2.70 bits per heavy atom. The number of nitrogens with one attached hydrogen (secondary N) is 2. The fraction of sp³-hybridized carbons (Fsp3) is 0.188. The summed E-state index contributed by atoms with van der Waals surface area (Å²) in [6, 6.07) is 16.1. The van der Waals surface area contributed by atoms with Crippen LogP contribution in [-0.4, -0.2) is 9.97 Å². The lowest BCUT2D eigenvalue weighted by molar-refractivity contribution is 0.553. The number of imidazole rings is 1. The standard InChI is InChI=1S/C16H18N4/c1-11(18-10-12-6-2-3-7-13(12)17)16-19-14-8-4-5-9-15(14)20-16/h2-9,11,18H,10,17H2,1H3,(H,19,20). The van der Waals surface area contributed by atoms with Crippen molar-refractivity contribution in [1.82, 2.24) is 15.3 Å². The molecule has 0 aliphatic rings. The zero-order chi connectivity index (χ0) is 13.9. The van der Waals surface area contributed by atoms with Gasteiger partial charge in [0.15, 0.2) is 0 Å². The van der Waals surface area contributed by atoms with Crippen LogP contribution in [0, 0.1) is 0 Å². The smallest absolute Gasteiger partial charge is 0.124 e. The summed E-state index contributed by atoms with van der Waals surface area (Å²) in [4.78, 5) is 7.94. The highest BCUT2D eigenvalue weighted by atomic mass is 15.0. The summed E-state index contributed by atoms with van der Waals surface area (Å²) < 4.78 is 0. The fourth-order valence-electron chi connectivity index (χ4n) is 2.23. The van der Waals surface area contributed by atoms with Crippen molar-refractivity contribution in [2.45, 2.75) is 19.5 Å². The van der Waals surface area contributed by atoms with Crippen molar-refractivity contribution in [3.8, 4) is 0 Å². The number of benzene rings is 2. The monoisotopic (exact) mass is 266 g/mol. The number of nitrogen functional groups attached to an aromatic ring is 1. The van der Waals surface area contributed by atoms with E-state index in [1.165, 1.54) is 0 Å². The largest absolute Gasteiger partial charge is 0.398 e. The van der Waals surface area contributed by atoms with Gasteiger partial charge < -0.3 is 16.0 Å². The average Bonchev–Trinajstić information content (AvgIpc) is 2.90. The van der Waals surface area contributed by atoms with Gasteiger partial charge in [-0.3, -0.25) is 0 Å². The Kier molecular flexibility index (Phi) is 3.39. The number of nitrogens with zero attached hydrogens (tertiary/aromatic N) is 1. The van der Waals surface area contributed by atoms with Gasteiger partial charge in [-0.2, -0.15) is 0 Å². The molecule has 0 saturated heterocycles. The normalized spacial score (nSPS) is 12.7. The predicted octanol–water partition coefficient (Wildman–Crippen LogP) is 3.00. The number of aromatic amines is 1. The number of anilines is 1. The molecule has 4 N–H and O–H groups in total. The molecule has 102 valence electrons. The van der Waals surface area contributed by atoms with Crippen molar-refractivity contribution in [3.05, 3.63) is 59.9 Å². The molecule has 1 unspecified atom stereocenters. The molecule has 4 heteroatoms. The highest BCUT2D eigenvalue weighted by Gasteiger charge is 2.10. The summed E-state index contributed by atoms with van der Waals surface area (Å²) in [5.41, 5.74) is 9.93. The Morgan fingerprint density at radius 2 is 1.90 bits per heavy atom. The molecule has 0 saturated carbocycles. The van der Waals surface area contributed by atoms with Crippen molar-refractivity contribution < 1.29 is 0 Å². The van der Waals surface area contributed by atoms with Crippen LogP contribution in [0.5, 0.6) is 0 Å². The van der Waals surface area contributed by atoms with E-state index in [0.717, 1.165) is 34.7 Å². The fourth-order valence-corrected chi connectivity index (χ4v) is 2.23. The SMILES string of the molecule is CC(NCc1ccccc1N)c1nc2ccccc2[nH]1. The van der Waals surface area contributed by atoms with Gasteiger partial charge in [-0.05, 0) is 30.7 Å². The van der Waals surface area contributed by atoms with Crippen molar-refractivity contribution in [2.75, 3.05) is 5.73 Å². The maximum Gasteiger partial charge on any atom is 0.124 e. The number of hydrogen-bond acceptors (Lipinski definition) is 3. The quantitative estimate of drug-likeness (QED) is 0.636. The predicted molar refractivity (Wildman–Crippen MR) is 82.2 cm³/mol.